The molecule has 0 saturated heterocycles. The number of aromatic nitrogens is 4. The van der Waals surface area contributed by atoms with Crippen molar-refractivity contribution < 1.29 is 9.72 Å². The van der Waals surface area contributed by atoms with E-state index in [4.69, 9.17) is 0 Å². The minimum atomic E-state index is -0.453. The van der Waals surface area contributed by atoms with Crippen LogP contribution in [0.4, 0.5) is 11.4 Å². The smallest absolute Gasteiger partial charge is 0.292 e. The molecule has 26 heavy (non-hydrogen) atoms. The van der Waals surface area contributed by atoms with E-state index in [1.54, 1.807) is 42.5 Å². The van der Waals surface area contributed by atoms with Crippen LogP contribution in [0.25, 0.3) is 5.69 Å². The molecule has 0 aliphatic carbocycles. The summed E-state index contributed by atoms with van der Waals surface area (Å²) in [6.07, 6.45) is 1.44. The van der Waals surface area contributed by atoms with Crippen LogP contribution in [0.15, 0.2) is 54.9 Å². The van der Waals surface area contributed by atoms with Gasteiger partial charge in [-0.15, -0.1) is 5.10 Å². The van der Waals surface area contributed by atoms with E-state index in [2.05, 4.69) is 26.2 Å². The molecule has 2 aromatic carbocycles. The number of amides is 1. The van der Waals surface area contributed by atoms with Crippen LogP contribution < -0.4 is 10.6 Å². The summed E-state index contributed by atoms with van der Waals surface area (Å²) in [5.41, 5.74) is 1.53. The fraction of sp³-hybridized carbons (Fsp3) is 0.125. The van der Waals surface area contributed by atoms with Crippen molar-refractivity contribution in [3.8, 4) is 5.69 Å². The second-order valence-corrected chi connectivity index (χ2v) is 5.26. The van der Waals surface area contributed by atoms with Gasteiger partial charge in [-0.3, -0.25) is 14.9 Å². The molecule has 0 atom stereocenters. The van der Waals surface area contributed by atoms with E-state index in [1.807, 2.05) is 0 Å². The maximum atomic E-state index is 12.2. The molecule has 10 nitrogen and oxygen atoms in total. The molecule has 0 bridgehead atoms. The Morgan fingerprint density at radius 2 is 2.00 bits per heavy atom. The second kappa shape index (κ2) is 7.83. The first-order valence-electron chi connectivity index (χ1n) is 7.74. The average Bonchev–Trinajstić information content (AvgIpc) is 3.20. The van der Waals surface area contributed by atoms with Crippen molar-refractivity contribution in [3.63, 3.8) is 0 Å². The fourth-order valence-corrected chi connectivity index (χ4v) is 2.33. The lowest BCUT2D eigenvalue weighted by atomic mass is 10.2. The van der Waals surface area contributed by atoms with E-state index in [0.29, 0.717) is 30.0 Å². The van der Waals surface area contributed by atoms with Crippen LogP contribution in [0.1, 0.15) is 10.4 Å². The molecule has 1 heterocycles. The number of carbonyl (C=O) groups excluding carboxylic acids is 1. The second-order valence-electron chi connectivity index (χ2n) is 5.26. The quantitative estimate of drug-likeness (QED) is 0.373. The van der Waals surface area contributed by atoms with Crippen molar-refractivity contribution in [2.75, 3.05) is 18.4 Å². The molecular weight excluding hydrogens is 338 g/mol. The maximum Gasteiger partial charge on any atom is 0.292 e. The Balaban J connectivity index is 1.55. The molecule has 10 heteroatoms. The van der Waals surface area contributed by atoms with Crippen molar-refractivity contribution >= 4 is 17.3 Å². The zero-order valence-electron chi connectivity index (χ0n) is 13.6. The van der Waals surface area contributed by atoms with Crippen molar-refractivity contribution in [1.82, 2.24) is 25.5 Å². The summed E-state index contributed by atoms with van der Waals surface area (Å²) in [4.78, 5) is 22.7. The minimum absolute atomic E-state index is 0.00651. The molecule has 2 N–H and O–H groups in total. The Morgan fingerprint density at radius 3 is 2.77 bits per heavy atom. The first-order chi connectivity index (χ1) is 12.6. The highest BCUT2D eigenvalue weighted by Gasteiger charge is 2.12. The lowest BCUT2D eigenvalue weighted by Crippen LogP contribution is -2.28. The Morgan fingerprint density at radius 1 is 1.15 bits per heavy atom. The zero-order chi connectivity index (χ0) is 18.4. The molecule has 0 unspecified atom stereocenters. The third-order valence-corrected chi connectivity index (χ3v) is 3.55. The van der Waals surface area contributed by atoms with Crippen molar-refractivity contribution in [3.05, 3.63) is 70.5 Å². The first kappa shape index (κ1) is 17.0. The fourth-order valence-electron chi connectivity index (χ4n) is 2.33. The molecule has 1 aromatic heterocycles. The molecule has 0 fully saturated rings. The Bertz CT molecular complexity index is 912. The van der Waals surface area contributed by atoms with Gasteiger partial charge in [0, 0.05) is 24.7 Å². The number of rotatable bonds is 7. The molecule has 3 rings (SSSR count). The molecular formula is C16H15N7O3. The molecule has 0 radical (unpaired) electrons. The molecule has 0 aliphatic heterocycles. The van der Waals surface area contributed by atoms with Gasteiger partial charge in [0.05, 0.1) is 10.6 Å². The van der Waals surface area contributed by atoms with E-state index in [9.17, 15) is 14.9 Å². The Kier molecular flexibility index (Phi) is 5.13. The highest BCUT2D eigenvalue weighted by molar-refractivity contribution is 5.94. The highest BCUT2D eigenvalue weighted by Crippen LogP contribution is 2.22. The number of para-hydroxylation sites is 2. The SMILES string of the molecule is O=C(NCCNc1ccccc1[N+](=O)[O-])c1cccc(-n2cnnn2)c1. The molecule has 0 spiro atoms. The molecule has 0 aliphatic rings. The minimum Gasteiger partial charge on any atom is -0.378 e. The standard InChI is InChI=1S/C16H15N7O3/c24-16(12-4-3-5-13(10-12)22-11-19-20-21-22)18-9-8-17-14-6-1-2-7-15(14)23(25)26/h1-7,10-11,17H,8-9H2,(H,18,24). The van der Waals surface area contributed by atoms with E-state index in [1.165, 1.54) is 17.1 Å². The summed E-state index contributed by atoms with van der Waals surface area (Å²) in [5.74, 6) is -0.260. The number of nitrogens with zero attached hydrogens (tertiary/aromatic N) is 5. The Labute approximate surface area is 148 Å². The predicted molar refractivity (Wildman–Crippen MR) is 93.1 cm³/mol. The normalized spacial score (nSPS) is 10.3. The number of nitro benzene ring substituents is 1. The number of hydrogen-bond acceptors (Lipinski definition) is 7. The molecule has 0 saturated carbocycles. The Hall–Kier alpha value is -3.82. The van der Waals surface area contributed by atoms with Crippen molar-refractivity contribution in [1.29, 1.82) is 0 Å². The summed E-state index contributed by atoms with van der Waals surface area (Å²) >= 11 is 0. The molecule has 132 valence electrons. The summed E-state index contributed by atoms with van der Waals surface area (Å²) in [5, 5.41) is 27.6. The summed E-state index contributed by atoms with van der Waals surface area (Å²) < 4.78 is 1.45. The third-order valence-electron chi connectivity index (χ3n) is 3.55. The molecule has 1 amide bonds. The van der Waals surface area contributed by atoms with Crippen LogP contribution in [-0.4, -0.2) is 44.1 Å². The summed E-state index contributed by atoms with van der Waals surface area (Å²) in [6.45, 7) is 0.656. The first-order valence-corrected chi connectivity index (χ1v) is 7.74. The van der Waals surface area contributed by atoms with E-state index in [0.717, 1.165) is 0 Å². The van der Waals surface area contributed by atoms with Crippen LogP contribution in [-0.2, 0) is 0 Å². The largest absolute Gasteiger partial charge is 0.378 e. The number of nitro groups is 1. The number of anilines is 1. The zero-order valence-corrected chi connectivity index (χ0v) is 13.6. The van der Waals surface area contributed by atoms with Gasteiger partial charge < -0.3 is 10.6 Å². The third kappa shape index (κ3) is 3.98. The van der Waals surface area contributed by atoms with Crippen LogP contribution >= 0.6 is 0 Å². The topological polar surface area (TPSA) is 128 Å². The lowest BCUT2D eigenvalue weighted by molar-refractivity contribution is -0.384. The van der Waals surface area contributed by atoms with Gasteiger partial charge in [0.15, 0.2) is 0 Å². The van der Waals surface area contributed by atoms with Gasteiger partial charge in [-0.25, -0.2) is 4.68 Å². The van der Waals surface area contributed by atoms with Crippen LogP contribution in [0, 0.1) is 10.1 Å². The highest BCUT2D eigenvalue weighted by atomic mass is 16.6. The molecule has 3 aromatic rings. The number of carbonyl (C=O) groups is 1. The van der Waals surface area contributed by atoms with Gasteiger partial charge in [-0.05, 0) is 34.7 Å². The van der Waals surface area contributed by atoms with Crippen LogP contribution in [0.3, 0.4) is 0 Å². The number of benzene rings is 2. The van der Waals surface area contributed by atoms with E-state index >= 15 is 0 Å². The monoisotopic (exact) mass is 353 g/mol. The van der Waals surface area contributed by atoms with E-state index < -0.39 is 4.92 Å². The maximum absolute atomic E-state index is 12.2. The van der Waals surface area contributed by atoms with Crippen LogP contribution in [0.5, 0.6) is 0 Å². The summed E-state index contributed by atoms with van der Waals surface area (Å²) in [7, 11) is 0. The average molecular weight is 353 g/mol. The van der Waals surface area contributed by atoms with Crippen molar-refractivity contribution in [2.24, 2.45) is 0 Å². The number of nitrogens with one attached hydrogen (secondary N) is 2. The lowest BCUT2D eigenvalue weighted by Gasteiger charge is -2.09. The van der Waals surface area contributed by atoms with E-state index in [-0.39, 0.29) is 11.6 Å². The van der Waals surface area contributed by atoms with Gasteiger partial charge in [0.1, 0.15) is 12.0 Å². The van der Waals surface area contributed by atoms with Gasteiger partial charge in [-0.1, -0.05) is 18.2 Å². The summed E-state index contributed by atoms with van der Waals surface area (Å²) in [6, 6.07) is 13.2. The van der Waals surface area contributed by atoms with Gasteiger partial charge in [-0.2, -0.15) is 0 Å². The van der Waals surface area contributed by atoms with Crippen LogP contribution in [0.2, 0.25) is 0 Å². The number of hydrogen-bond donors (Lipinski definition) is 2. The van der Waals surface area contributed by atoms with Gasteiger partial charge >= 0.3 is 0 Å². The van der Waals surface area contributed by atoms with Crippen molar-refractivity contribution in [2.45, 2.75) is 0 Å². The van der Waals surface area contributed by atoms with Gasteiger partial charge in [0.25, 0.3) is 11.6 Å². The van der Waals surface area contributed by atoms with Gasteiger partial charge in [0.2, 0.25) is 0 Å². The predicted octanol–water partition coefficient (Wildman–Crippen LogP) is 1.41. The number of tetrazole rings is 1.